The molecule has 2 atom stereocenters. The Morgan fingerprint density at radius 3 is 2.75 bits per heavy atom. The van der Waals surface area contributed by atoms with Gasteiger partial charge in [0.15, 0.2) is 0 Å². The molecule has 7 heteroatoms. The van der Waals surface area contributed by atoms with Crippen LogP contribution in [0, 0.1) is 6.92 Å². The molecule has 0 radical (unpaired) electrons. The second-order valence-electron chi connectivity index (χ2n) is 5.02. The lowest BCUT2D eigenvalue weighted by atomic mass is 10.0. The molecule has 2 unspecified atom stereocenters. The van der Waals surface area contributed by atoms with Crippen LogP contribution >= 0.6 is 0 Å². The number of carbonyl (C=O) groups excluding carboxylic acids is 1. The van der Waals surface area contributed by atoms with Gasteiger partial charge < -0.3 is 20.1 Å². The molecule has 1 aliphatic heterocycles. The molecule has 1 aliphatic rings. The summed E-state index contributed by atoms with van der Waals surface area (Å²) < 4.78 is 12.2. The Bertz CT molecular complexity index is 500. The van der Waals surface area contributed by atoms with E-state index in [9.17, 15) is 4.79 Å². The summed E-state index contributed by atoms with van der Waals surface area (Å²) in [7, 11) is 5.03. The van der Waals surface area contributed by atoms with E-state index in [1.165, 1.54) is 0 Å². The zero-order valence-electron chi connectivity index (χ0n) is 12.4. The van der Waals surface area contributed by atoms with E-state index in [1.54, 1.807) is 23.8 Å². The summed E-state index contributed by atoms with van der Waals surface area (Å²) in [6.07, 6.45) is 0.339. The highest BCUT2D eigenvalue weighted by atomic mass is 16.5. The van der Waals surface area contributed by atoms with Crippen LogP contribution in [0.1, 0.15) is 23.7 Å². The quantitative estimate of drug-likeness (QED) is 0.821. The first-order valence-corrected chi connectivity index (χ1v) is 6.62. The summed E-state index contributed by atoms with van der Waals surface area (Å²) in [4.78, 5) is 13.9. The van der Waals surface area contributed by atoms with Gasteiger partial charge in [0.25, 0.3) is 0 Å². The average Bonchev–Trinajstić information content (AvgIpc) is 2.82. The van der Waals surface area contributed by atoms with Crippen molar-refractivity contribution in [2.75, 3.05) is 27.4 Å². The molecule has 112 valence electrons. The van der Waals surface area contributed by atoms with Gasteiger partial charge in [0.1, 0.15) is 0 Å². The first-order chi connectivity index (χ1) is 9.51. The maximum atomic E-state index is 12.1. The van der Waals surface area contributed by atoms with Crippen LogP contribution < -0.4 is 10.5 Å². The van der Waals surface area contributed by atoms with Gasteiger partial charge in [-0.25, -0.2) is 4.68 Å². The molecule has 2 rings (SSSR count). The number of nitrogens with zero attached hydrogens (tertiary/aromatic N) is 3. The number of carbonyl (C=O) groups is 1. The Hall–Kier alpha value is -1.60. The van der Waals surface area contributed by atoms with Crippen LogP contribution in [-0.2, 0) is 16.6 Å². The van der Waals surface area contributed by atoms with E-state index < -0.39 is 0 Å². The number of rotatable bonds is 5. The summed E-state index contributed by atoms with van der Waals surface area (Å²) >= 11 is 0. The lowest BCUT2D eigenvalue weighted by Gasteiger charge is -2.27. The minimum Gasteiger partial charge on any atom is -0.481 e. The molecule has 1 fully saturated rings. The summed E-state index contributed by atoms with van der Waals surface area (Å²) in [6, 6.07) is -0.461. The summed E-state index contributed by atoms with van der Waals surface area (Å²) in [5.41, 5.74) is 7.90. The Labute approximate surface area is 118 Å². The first-order valence-electron chi connectivity index (χ1n) is 6.62. The van der Waals surface area contributed by atoms with Gasteiger partial charge in [0, 0.05) is 33.2 Å². The lowest BCUT2D eigenvalue weighted by molar-refractivity contribution is -0.129. The van der Waals surface area contributed by atoms with Crippen LogP contribution in [0.4, 0.5) is 0 Å². The SMILES string of the molecule is COCCN1C(=O)CC(N)C1c1c(C)nn(C)c1OC. The van der Waals surface area contributed by atoms with Gasteiger partial charge in [-0.15, -0.1) is 0 Å². The van der Waals surface area contributed by atoms with Crippen LogP contribution in [0.25, 0.3) is 0 Å². The van der Waals surface area contributed by atoms with Crippen LogP contribution in [0.3, 0.4) is 0 Å². The second kappa shape index (κ2) is 5.80. The van der Waals surface area contributed by atoms with Crippen molar-refractivity contribution in [2.24, 2.45) is 12.8 Å². The van der Waals surface area contributed by atoms with Crippen LogP contribution in [0.5, 0.6) is 5.88 Å². The molecule has 0 saturated carbocycles. The third kappa shape index (κ3) is 2.38. The molecule has 1 aromatic heterocycles. The fourth-order valence-corrected chi connectivity index (χ4v) is 2.88. The summed E-state index contributed by atoms with van der Waals surface area (Å²) in [5.74, 6) is 0.699. The molecule has 1 amide bonds. The van der Waals surface area contributed by atoms with Crippen molar-refractivity contribution in [3.63, 3.8) is 0 Å². The standard InChI is InChI=1S/C13H22N4O3/c1-8-11(13(20-4)16(2)15-8)12-9(14)7-10(18)17(12)5-6-19-3/h9,12H,5-7,14H2,1-4H3. The van der Waals surface area contributed by atoms with Crippen molar-refractivity contribution in [1.29, 1.82) is 0 Å². The Kier molecular flexibility index (Phi) is 4.29. The summed E-state index contributed by atoms with van der Waals surface area (Å²) in [6.45, 7) is 2.91. The van der Waals surface area contributed by atoms with Crippen molar-refractivity contribution in [3.8, 4) is 5.88 Å². The van der Waals surface area contributed by atoms with E-state index >= 15 is 0 Å². The Balaban J connectivity index is 2.40. The van der Waals surface area contributed by atoms with Gasteiger partial charge in [-0.3, -0.25) is 4.79 Å². The maximum absolute atomic E-state index is 12.1. The molecule has 20 heavy (non-hydrogen) atoms. The number of nitrogens with two attached hydrogens (primary N) is 1. The number of ether oxygens (including phenoxy) is 2. The monoisotopic (exact) mass is 282 g/mol. The Morgan fingerprint density at radius 2 is 2.15 bits per heavy atom. The highest BCUT2D eigenvalue weighted by Gasteiger charge is 2.41. The number of hydrogen-bond donors (Lipinski definition) is 1. The minimum absolute atomic E-state index is 0.0462. The number of methoxy groups -OCH3 is 2. The number of aromatic nitrogens is 2. The van der Waals surface area contributed by atoms with E-state index in [2.05, 4.69) is 5.10 Å². The molecule has 0 aromatic carbocycles. The van der Waals surface area contributed by atoms with Crippen molar-refractivity contribution in [2.45, 2.75) is 25.4 Å². The largest absolute Gasteiger partial charge is 0.481 e. The highest BCUT2D eigenvalue weighted by molar-refractivity contribution is 5.80. The zero-order valence-corrected chi connectivity index (χ0v) is 12.4. The third-order valence-electron chi connectivity index (χ3n) is 3.71. The Morgan fingerprint density at radius 1 is 1.45 bits per heavy atom. The van der Waals surface area contributed by atoms with Gasteiger partial charge in [-0.2, -0.15) is 5.10 Å². The van der Waals surface area contributed by atoms with E-state index in [0.29, 0.717) is 25.5 Å². The molecule has 0 spiro atoms. The molecule has 2 N–H and O–H groups in total. The third-order valence-corrected chi connectivity index (χ3v) is 3.71. The van der Waals surface area contributed by atoms with Crippen LogP contribution in [-0.4, -0.2) is 54.0 Å². The van der Waals surface area contributed by atoms with Gasteiger partial charge in [0.2, 0.25) is 11.8 Å². The van der Waals surface area contributed by atoms with Crippen LogP contribution in [0.15, 0.2) is 0 Å². The molecule has 0 aliphatic carbocycles. The lowest BCUT2D eigenvalue weighted by Crippen LogP contribution is -2.35. The molecular formula is C13H22N4O3. The molecular weight excluding hydrogens is 260 g/mol. The van der Waals surface area contributed by atoms with Crippen LogP contribution in [0.2, 0.25) is 0 Å². The zero-order chi connectivity index (χ0) is 14.9. The van der Waals surface area contributed by atoms with Crippen molar-refractivity contribution in [3.05, 3.63) is 11.3 Å². The van der Waals surface area contributed by atoms with E-state index in [4.69, 9.17) is 15.2 Å². The van der Waals surface area contributed by atoms with Gasteiger partial charge in [-0.05, 0) is 6.92 Å². The summed E-state index contributed by atoms with van der Waals surface area (Å²) in [5, 5.41) is 4.37. The predicted octanol–water partition coefficient (Wildman–Crippen LogP) is -0.0158. The molecule has 1 saturated heterocycles. The van der Waals surface area contributed by atoms with E-state index in [-0.39, 0.29) is 18.0 Å². The van der Waals surface area contributed by atoms with Gasteiger partial charge in [-0.1, -0.05) is 0 Å². The second-order valence-corrected chi connectivity index (χ2v) is 5.02. The van der Waals surface area contributed by atoms with Crippen molar-refractivity contribution < 1.29 is 14.3 Å². The predicted molar refractivity (Wildman–Crippen MR) is 73.4 cm³/mol. The fourth-order valence-electron chi connectivity index (χ4n) is 2.88. The number of likely N-dealkylation sites (tertiary alicyclic amines) is 1. The number of aryl methyl sites for hydroxylation is 2. The smallest absolute Gasteiger partial charge is 0.224 e. The van der Waals surface area contributed by atoms with Gasteiger partial charge >= 0.3 is 0 Å². The number of amides is 1. The normalized spacial score (nSPS) is 22.6. The molecule has 0 bridgehead atoms. The average molecular weight is 282 g/mol. The highest BCUT2D eigenvalue weighted by Crippen LogP contribution is 2.38. The van der Waals surface area contributed by atoms with Gasteiger partial charge in [0.05, 0.1) is 31.0 Å². The number of hydrogen-bond acceptors (Lipinski definition) is 5. The first kappa shape index (κ1) is 14.8. The maximum Gasteiger partial charge on any atom is 0.224 e. The fraction of sp³-hybridized carbons (Fsp3) is 0.692. The minimum atomic E-state index is -0.254. The van der Waals surface area contributed by atoms with Crippen molar-refractivity contribution >= 4 is 5.91 Å². The van der Waals surface area contributed by atoms with E-state index in [1.807, 2.05) is 14.0 Å². The topological polar surface area (TPSA) is 82.6 Å². The molecule has 1 aromatic rings. The molecule has 2 heterocycles. The van der Waals surface area contributed by atoms with E-state index in [0.717, 1.165) is 11.3 Å². The molecule has 7 nitrogen and oxygen atoms in total. The van der Waals surface area contributed by atoms with Crippen molar-refractivity contribution in [1.82, 2.24) is 14.7 Å².